The molecular weight excluding hydrogens is 318 g/mol. The molecule has 1 atom stereocenters. The van der Waals surface area contributed by atoms with Gasteiger partial charge in [-0.2, -0.15) is 4.98 Å². The van der Waals surface area contributed by atoms with E-state index in [1.165, 1.54) is 12.8 Å². The average Bonchev–Trinajstić information content (AvgIpc) is 3.54. The van der Waals surface area contributed by atoms with Crippen LogP contribution in [0.4, 0.5) is 0 Å². The van der Waals surface area contributed by atoms with Crippen molar-refractivity contribution in [3.05, 3.63) is 11.7 Å². The second-order valence-electron chi connectivity index (χ2n) is 8.52. The molecule has 136 valence electrons. The van der Waals surface area contributed by atoms with Crippen molar-refractivity contribution in [2.45, 2.75) is 69.3 Å². The van der Waals surface area contributed by atoms with Crippen molar-refractivity contribution in [3.63, 3.8) is 0 Å². The molecule has 6 heteroatoms. The third-order valence-electron chi connectivity index (χ3n) is 6.39. The summed E-state index contributed by atoms with van der Waals surface area (Å²) in [7, 11) is 0. The Hall–Kier alpha value is -1.43. The number of likely N-dealkylation sites (tertiary alicyclic amines) is 1. The molecule has 4 fully saturated rings. The van der Waals surface area contributed by atoms with E-state index in [0.29, 0.717) is 23.7 Å². The Kier molecular flexibility index (Phi) is 3.84. The molecule has 2 aliphatic heterocycles. The first-order valence-electron chi connectivity index (χ1n) is 9.96. The van der Waals surface area contributed by atoms with E-state index in [1.54, 1.807) is 0 Å². The van der Waals surface area contributed by atoms with E-state index in [1.807, 2.05) is 0 Å². The van der Waals surface area contributed by atoms with E-state index in [-0.39, 0.29) is 5.60 Å². The van der Waals surface area contributed by atoms with Crippen LogP contribution in [0.2, 0.25) is 0 Å². The predicted octanol–water partition coefficient (Wildman–Crippen LogP) is 2.69. The Balaban J connectivity index is 1.18. The highest BCUT2D eigenvalue weighted by atomic mass is 16.5. The topological polar surface area (TPSA) is 68.5 Å². The molecule has 5 rings (SSSR count). The quantitative estimate of drug-likeness (QED) is 0.839. The molecule has 0 radical (unpaired) electrons. The lowest BCUT2D eigenvalue weighted by Gasteiger charge is -2.46. The Labute approximate surface area is 148 Å². The molecule has 2 aliphatic carbocycles. The molecule has 4 aliphatic rings. The first-order valence-corrected chi connectivity index (χ1v) is 9.96. The maximum Gasteiger partial charge on any atom is 0.229 e. The molecule has 25 heavy (non-hydrogen) atoms. The van der Waals surface area contributed by atoms with Crippen molar-refractivity contribution >= 4 is 5.91 Å². The van der Waals surface area contributed by atoms with Crippen LogP contribution < -0.4 is 0 Å². The molecule has 0 N–H and O–H groups in total. The fourth-order valence-electron chi connectivity index (χ4n) is 4.48. The van der Waals surface area contributed by atoms with Gasteiger partial charge in [0.15, 0.2) is 5.82 Å². The molecule has 1 spiro atoms. The Morgan fingerprint density at radius 3 is 2.68 bits per heavy atom. The number of aromatic nitrogens is 2. The van der Waals surface area contributed by atoms with Crippen LogP contribution in [0.3, 0.4) is 0 Å². The Morgan fingerprint density at radius 1 is 1.16 bits per heavy atom. The minimum atomic E-state index is -0.0354. The van der Waals surface area contributed by atoms with Crippen LogP contribution in [0, 0.1) is 11.8 Å². The zero-order valence-electron chi connectivity index (χ0n) is 14.8. The molecule has 1 unspecified atom stereocenters. The van der Waals surface area contributed by atoms with E-state index >= 15 is 0 Å². The monoisotopic (exact) mass is 345 g/mol. The highest BCUT2D eigenvalue weighted by Gasteiger charge is 2.43. The van der Waals surface area contributed by atoms with Crippen LogP contribution in [0.25, 0.3) is 0 Å². The molecular formula is C19H27N3O3. The van der Waals surface area contributed by atoms with Gasteiger partial charge in [0, 0.05) is 38.0 Å². The first kappa shape index (κ1) is 15.8. The van der Waals surface area contributed by atoms with Crippen LogP contribution in [-0.4, -0.2) is 46.2 Å². The maximum absolute atomic E-state index is 12.3. The van der Waals surface area contributed by atoms with Gasteiger partial charge in [-0.1, -0.05) is 5.16 Å². The summed E-state index contributed by atoms with van der Waals surface area (Å²) >= 11 is 0. The van der Waals surface area contributed by atoms with Crippen LogP contribution in [0.5, 0.6) is 0 Å². The normalized spacial score (nSPS) is 29.1. The second-order valence-corrected chi connectivity index (χ2v) is 8.52. The molecule has 6 nitrogen and oxygen atoms in total. The summed E-state index contributed by atoms with van der Waals surface area (Å²) in [5.41, 5.74) is -0.0354. The Bertz CT molecular complexity index is 642. The highest BCUT2D eigenvalue weighted by Crippen LogP contribution is 2.41. The Morgan fingerprint density at radius 2 is 1.96 bits per heavy atom. The van der Waals surface area contributed by atoms with Crippen LogP contribution in [-0.2, 0) is 16.0 Å². The van der Waals surface area contributed by atoms with E-state index in [2.05, 4.69) is 15.0 Å². The number of carbonyl (C=O) groups is 1. The van der Waals surface area contributed by atoms with E-state index in [4.69, 9.17) is 9.26 Å². The predicted molar refractivity (Wildman–Crippen MR) is 89.9 cm³/mol. The van der Waals surface area contributed by atoms with Crippen molar-refractivity contribution in [2.75, 3.05) is 19.7 Å². The first-order chi connectivity index (χ1) is 12.2. The van der Waals surface area contributed by atoms with Crippen molar-refractivity contribution in [3.8, 4) is 0 Å². The number of amides is 1. The summed E-state index contributed by atoms with van der Waals surface area (Å²) in [6.07, 6.45) is 9.54. The van der Waals surface area contributed by atoms with Gasteiger partial charge in [0.1, 0.15) is 0 Å². The van der Waals surface area contributed by atoms with E-state index in [9.17, 15) is 4.79 Å². The van der Waals surface area contributed by atoms with Crippen molar-refractivity contribution in [1.29, 1.82) is 0 Å². The summed E-state index contributed by atoms with van der Waals surface area (Å²) in [4.78, 5) is 18.9. The van der Waals surface area contributed by atoms with E-state index in [0.717, 1.165) is 76.4 Å². The summed E-state index contributed by atoms with van der Waals surface area (Å²) in [6.45, 7) is 2.53. The third-order valence-corrected chi connectivity index (χ3v) is 6.39. The lowest BCUT2D eigenvalue weighted by molar-refractivity contribution is -0.148. The van der Waals surface area contributed by atoms with Gasteiger partial charge < -0.3 is 14.2 Å². The number of hydrogen-bond acceptors (Lipinski definition) is 5. The average molecular weight is 345 g/mol. The van der Waals surface area contributed by atoms with Crippen molar-refractivity contribution in [2.24, 2.45) is 11.8 Å². The summed E-state index contributed by atoms with van der Waals surface area (Å²) in [5, 5.41) is 4.19. The van der Waals surface area contributed by atoms with Gasteiger partial charge in [-0.3, -0.25) is 4.79 Å². The number of hydrogen-bond donors (Lipinski definition) is 0. The molecule has 2 saturated carbocycles. The number of piperidine rings is 1. The molecule has 2 saturated heterocycles. The molecule has 1 aromatic rings. The fraction of sp³-hybridized carbons (Fsp3) is 0.842. The van der Waals surface area contributed by atoms with Gasteiger partial charge in [-0.15, -0.1) is 0 Å². The van der Waals surface area contributed by atoms with Gasteiger partial charge in [0.05, 0.1) is 5.60 Å². The van der Waals surface area contributed by atoms with Gasteiger partial charge in [0.2, 0.25) is 11.8 Å². The molecule has 3 heterocycles. The lowest BCUT2D eigenvalue weighted by Crippen LogP contribution is -2.51. The standard InChI is InChI=1S/C19H27N3O3/c23-18(15-3-4-15)22-8-6-19(7-9-22)12-13(5-10-24-19)11-16-20-17(25-21-16)14-1-2-14/h13-15H,1-12H2. The zero-order valence-corrected chi connectivity index (χ0v) is 14.8. The third kappa shape index (κ3) is 3.33. The highest BCUT2D eigenvalue weighted by molar-refractivity contribution is 5.81. The smallest absolute Gasteiger partial charge is 0.229 e. The van der Waals surface area contributed by atoms with Gasteiger partial charge in [-0.25, -0.2) is 0 Å². The summed E-state index contributed by atoms with van der Waals surface area (Å²) < 4.78 is 11.6. The molecule has 0 aromatic carbocycles. The largest absolute Gasteiger partial charge is 0.375 e. The number of ether oxygens (including phenoxy) is 1. The van der Waals surface area contributed by atoms with Crippen molar-refractivity contribution < 1.29 is 14.1 Å². The van der Waals surface area contributed by atoms with Gasteiger partial charge >= 0.3 is 0 Å². The number of carbonyl (C=O) groups excluding carboxylic acids is 1. The number of rotatable bonds is 4. The van der Waals surface area contributed by atoms with Crippen LogP contribution in [0.1, 0.15) is 69.0 Å². The minimum Gasteiger partial charge on any atom is -0.375 e. The van der Waals surface area contributed by atoms with Crippen molar-refractivity contribution in [1.82, 2.24) is 15.0 Å². The summed E-state index contributed by atoms with van der Waals surface area (Å²) in [5.74, 6) is 3.49. The number of nitrogens with zero attached hydrogens (tertiary/aromatic N) is 3. The van der Waals surface area contributed by atoms with Gasteiger partial charge in [-0.05, 0) is 57.3 Å². The SMILES string of the molecule is O=C(C1CC1)N1CCC2(CC1)CC(Cc1noc(C3CC3)n1)CCO2. The molecule has 1 amide bonds. The van der Waals surface area contributed by atoms with Crippen LogP contribution >= 0.6 is 0 Å². The molecule has 1 aromatic heterocycles. The summed E-state index contributed by atoms with van der Waals surface area (Å²) in [6, 6.07) is 0. The second kappa shape index (κ2) is 6.08. The van der Waals surface area contributed by atoms with E-state index < -0.39 is 0 Å². The van der Waals surface area contributed by atoms with Crippen LogP contribution in [0.15, 0.2) is 4.52 Å². The zero-order chi connectivity index (χ0) is 16.9. The minimum absolute atomic E-state index is 0.0354. The van der Waals surface area contributed by atoms with Gasteiger partial charge in [0.25, 0.3) is 0 Å². The maximum atomic E-state index is 12.3. The fourth-order valence-corrected chi connectivity index (χ4v) is 4.48. The molecule has 0 bridgehead atoms. The lowest BCUT2D eigenvalue weighted by atomic mass is 9.78.